The molecule has 0 fully saturated rings. The summed E-state index contributed by atoms with van der Waals surface area (Å²) in [6.07, 6.45) is 2.61. The molecule has 86 valence electrons. The molecule has 5 heteroatoms. The predicted molar refractivity (Wildman–Crippen MR) is 61.6 cm³/mol. The molecule has 0 aliphatic carbocycles. The van der Waals surface area contributed by atoms with E-state index < -0.39 is 11.8 Å². The quantitative estimate of drug-likeness (QED) is 0.891. The first kappa shape index (κ1) is 11.5. The summed E-state index contributed by atoms with van der Waals surface area (Å²) in [7, 11) is 0. The predicted octanol–water partition coefficient (Wildman–Crippen LogP) is 3.24. The van der Waals surface area contributed by atoms with Crippen LogP contribution in [0, 0.1) is 5.82 Å². The third-order valence-electron chi connectivity index (χ3n) is 2.23. The summed E-state index contributed by atoms with van der Waals surface area (Å²) in [5, 5.41) is 9.10. The Bertz CT molecular complexity index is 586. The van der Waals surface area contributed by atoms with Gasteiger partial charge < -0.3 is 5.11 Å². The number of carboxylic acids is 1. The molecule has 0 spiro atoms. The van der Waals surface area contributed by atoms with Gasteiger partial charge in [0.15, 0.2) is 0 Å². The maximum atomic E-state index is 13.6. The van der Waals surface area contributed by atoms with Crippen LogP contribution in [0.4, 0.5) is 4.39 Å². The van der Waals surface area contributed by atoms with Crippen LogP contribution in [0.1, 0.15) is 10.4 Å². The van der Waals surface area contributed by atoms with Gasteiger partial charge in [-0.05, 0) is 24.3 Å². The Hall–Kier alpha value is -1.94. The molecule has 0 aliphatic rings. The summed E-state index contributed by atoms with van der Waals surface area (Å²) in [4.78, 5) is 14.5. The van der Waals surface area contributed by atoms with Gasteiger partial charge in [-0.15, -0.1) is 0 Å². The van der Waals surface area contributed by atoms with E-state index in [4.69, 9.17) is 16.7 Å². The van der Waals surface area contributed by atoms with E-state index in [0.717, 1.165) is 0 Å². The van der Waals surface area contributed by atoms with Crippen LogP contribution in [0.3, 0.4) is 0 Å². The van der Waals surface area contributed by atoms with Gasteiger partial charge in [-0.25, -0.2) is 9.18 Å². The number of hydrogen-bond donors (Lipinski definition) is 1. The highest BCUT2D eigenvalue weighted by molar-refractivity contribution is 6.30. The van der Waals surface area contributed by atoms with Crippen LogP contribution in [0.5, 0.6) is 0 Å². The van der Waals surface area contributed by atoms with Gasteiger partial charge in [-0.2, -0.15) is 0 Å². The van der Waals surface area contributed by atoms with Crippen molar-refractivity contribution in [1.82, 2.24) is 4.98 Å². The minimum atomic E-state index is -1.10. The van der Waals surface area contributed by atoms with Gasteiger partial charge in [0.1, 0.15) is 5.82 Å². The SMILES string of the molecule is O=C(O)c1cncc(-c2ccc(Cl)cc2F)c1. The van der Waals surface area contributed by atoms with E-state index in [1.807, 2.05) is 0 Å². The molecule has 1 aromatic heterocycles. The third kappa shape index (κ3) is 2.42. The maximum absolute atomic E-state index is 13.6. The number of aromatic nitrogens is 1. The summed E-state index contributed by atoms with van der Waals surface area (Å²) in [5.41, 5.74) is 0.681. The molecule has 17 heavy (non-hydrogen) atoms. The highest BCUT2D eigenvalue weighted by atomic mass is 35.5. The first-order valence-electron chi connectivity index (χ1n) is 4.71. The minimum absolute atomic E-state index is 0.0110. The van der Waals surface area contributed by atoms with Gasteiger partial charge in [0, 0.05) is 28.5 Å². The molecular formula is C12H7ClFNO2. The Morgan fingerprint density at radius 2 is 2.06 bits per heavy atom. The molecule has 2 rings (SSSR count). The fraction of sp³-hybridized carbons (Fsp3) is 0. The van der Waals surface area contributed by atoms with Gasteiger partial charge in [0.05, 0.1) is 5.56 Å². The molecule has 3 nitrogen and oxygen atoms in total. The van der Waals surface area contributed by atoms with E-state index in [-0.39, 0.29) is 16.1 Å². The second-order valence-electron chi connectivity index (χ2n) is 3.39. The van der Waals surface area contributed by atoms with Gasteiger partial charge in [-0.3, -0.25) is 4.98 Å². The van der Waals surface area contributed by atoms with Crippen molar-refractivity contribution in [2.45, 2.75) is 0 Å². The second-order valence-corrected chi connectivity index (χ2v) is 3.83. The summed E-state index contributed by atoms with van der Waals surface area (Å²) >= 11 is 5.64. The third-order valence-corrected chi connectivity index (χ3v) is 2.46. The molecule has 0 radical (unpaired) electrons. The molecule has 0 atom stereocenters. The zero-order valence-electron chi connectivity index (χ0n) is 8.52. The smallest absolute Gasteiger partial charge is 0.337 e. The first-order valence-corrected chi connectivity index (χ1v) is 5.09. The lowest BCUT2D eigenvalue weighted by Crippen LogP contribution is -1.97. The van der Waals surface area contributed by atoms with E-state index in [2.05, 4.69) is 4.98 Å². The van der Waals surface area contributed by atoms with Gasteiger partial charge in [0.2, 0.25) is 0 Å². The number of carboxylic acid groups (broad SMARTS) is 1. The van der Waals surface area contributed by atoms with Crippen molar-refractivity contribution in [3.8, 4) is 11.1 Å². The monoisotopic (exact) mass is 251 g/mol. The Labute approximate surface area is 101 Å². The van der Waals surface area contributed by atoms with E-state index >= 15 is 0 Å². The molecule has 0 aliphatic heterocycles. The molecule has 0 unspecified atom stereocenters. The molecule has 1 heterocycles. The number of carbonyl (C=O) groups is 1. The maximum Gasteiger partial charge on any atom is 0.337 e. The van der Waals surface area contributed by atoms with Crippen molar-refractivity contribution in [2.75, 3.05) is 0 Å². The van der Waals surface area contributed by atoms with E-state index in [9.17, 15) is 9.18 Å². The normalized spacial score (nSPS) is 10.2. The summed E-state index contributed by atoms with van der Waals surface area (Å²) in [6, 6.07) is 5.56. The zero-order chi connectivity index (χ0) is 12.4. The van der Waals surface area contributed by atoms with Crippen LogP contribution in [0.2, 0.25) is 5.02 Å². The highest BCUT2D eigenvalue weighted by Gasteiger charge is 2.09. The van der Waals surface area contributed by atoms with Crippen LogP contribution in [0.25, 0.3) is 11.1 Å². The van der Waals surface area contributed by atoms with Crippen LogP contribution in [-0.2, 0) is 0 Å². The van der Waals surface area contributed by atoms with Crippen molar-refractivity contribution in [2.24, 2.45) is 0 Å². The summed E-state index contributed by atoms with van der Waals surface area (Å²) < 4.78 is 13.6. The summed E-state index contributed by atoms with van der Waals surface area (Å²) in [6.45, 7) is 0. The topological polar surface area (TPSA) is 50.2 Å². The van der Waals surface area contributed by atoms with Crippen LogP contribution < -0.4 is 0 Å². The molecule has 0 amide bonds. The lowest BCUT2D eigenvalue weighted by Gasteiger charge is -2.04. The number of pyridine rings is 1. The van der Waals surface area contributed by atoms with Crippen molar-refractivity contribution in [3.63, 3.8) is 0 Å². The summed E-state index contributed by atoms with van der Waals surface area (Å²) in [5.74, 6) is -1.62. The van der Waals surface area contributed by atoms with E-state index in [1.54, 1.807) is 0 Å². The minimum Gasteiger partial charge on any atom is -0.478 e. The van der Waals surface area contributed by atoms with Crippen molar-refractivity contribution >= 4 is 17.6 Å². The Kier molecular flexibility index (Phi) is 3.06. The highest BCUT2D eigenvalue weighted by Crippen LogP contribution is 2.25. The van der Waals surface area contributed by atoms with Crippen molar-refractivity contribution in [3.05, 3.63) is 53.1 Å². The number of benzene rings is 1. The number of hydrogen-bond acceptors (Lipinski definition) is 2. The average molecular weight is 252 g/mol. The van der Waals surface area contributed by atoms with Gasteiger partial charge in [0.25, 0.3) is 0 Å². The number of halogens is 2. The molecule has 0 bridgehead atoms. The van der Waals surface area contributed by atoms with Crippen molar-refractivity contribution < 1.29 is 14.3 Å². The average Bonchev–Trinajstić information content (AvgIpc) is 2.29. The van der Waals surface area contributed by atoms with Crippen LogP contribution in [0.15, 0.2) is 36.7 Å². The largest absolute Gasteiger partial charge is 0.478 e. The lowest BCUT2D eigenvalue weighted by atomic mass is 10.1. The Morgan fingerprint density at radius 1 is 1.29 bits per heavy atom. The number of rotatable bonds is 2. The number of aromatic carboxylic acids is 1. The lowest BCUT2D eigenvalue weighted by molar-refractivity contribution is 0.0696. The fourth-order valence-corrected chi connectivity index (χ4v) is 1.59. The molecule has 0 saturated carbocycles. The second kappa shape index (κ2) is 4.51. The van der Waals surface area contributed by atoms with Gasteiger partial charge in [-0.1, -0.05) is 11.6 Å². The molecule has 1 aromatic carbocycles. The standard InChI is InChI=1S/C12H7ClFNO2/c13-9-1-2-10(11(14)4-9)7-3-8(12(16)17)6-15-5-7/h1-6H,(H,16,17). The fourth-order valence-electron chi connectivity index (χ4n) is 1.43. The van der Waals surface area contributed by atoms with Crippen LogP contribution in [-0.4, -0.2) is 16.1 Å². The van der Waals surface area contributed by atoms with Crippen LogP contribution >= 0.6 is 11.6 Å². The van der Waals surface area contributed by atoms with E-state index in [0.29, 0.717) is 5.56 Å². The number of nitrogens with zero attached hydrogens (tertiary/aromatic N) is 1. The van der Waals surface area contributed by atoms with Gasteiger partial charge >= 0.3 is 5.97 Å². The van der Waals surface area contributed by atoms with E-state index in [1.165, 1.54) is 36.7 Å². The Morgan fingerprint density at radius 3 is 2.71 bits per heavy atom. The Balaban J connectivity index is 2.53. The van der Waals surface area contributed by atoms with Crippen molar-refractivity contribution in [1.29, 1.82) is 0 Å². The zero-order valence-corrected chi connectivity index (χ0v) is 9.28. The molecular weight excluding hydrogens is 245 g/mol. The molecule has 1 N–H and O–H groups in total. The first-order chi connectivity index (χ1) is 8.08. The molecule has 2 aromatic rings. The molecule has 0 saturated heterocycles.